The molecule has 2 atom stereocenters. The lowest BCUT2D eigenvalue weighted by molar-refractivity contribution is 0.407. The molecular weight excluding hydrogens is 190 g/mol. The number of nitrogens with two attached hydrogens (primary N) is 1. The summed E-state index contributed by atoms with van der Waals surface area (Å²) in [5.74, 6) is 1.01. The number of hydrogen-bond acceptors (Lipinski definition) is 5. The molecule has 2 rings (SSSR count). The topological polar surface area (TPSA) is 67.9 Å². The van der Waals surface area contributed by atoms with Gasteiger partial charge in [0.1, 0.15) is 6.33 Å². The molecule has 0 unspecified atom stereocenters. The van der Waals surface area contributed by atoms with Crippen LogP contribution >= 0.6 is 0 Å². The quantitative estimate of drug-likeness (QED) is 0.750. The maximum atomic E-state index is 5.57. The van der Waals surface area contributed by atoms with Gasteiger partial charge < -0.3 is 10.6 Å². The van der Waals surface area contributed by atoms with Gasteiger partial charge in [0.2, 0.25) is 11.9 Å². The summed E-state index contributed by atoms with van der Waals surface area (Å²) >= 11 is 0. The van der Waals surface area contributed by atoms with Gasteiger partial charge in [-0.25, -0.2) is 9.97 Å². The Kier molecular flexibility index (Phi) is 2.70. The summed E-state index contributed by atoms with van der Waals surface area (Å²) in [7, 11) is 0. The van der Waals surface area contributed by atoms with Crippen LogP contribution in [0.4, 0.5) is 11.9 Å². The van der Waals surface area contributed by atoms with Crippen LogP contribution in [-0.2, 0) is 0 Å². The highest BCUT2D eigenvalue weighted by molar-refractivity contribution is 5.36. The number of piperidine rings is 1. The molecule has 0 bridgehead atoms. The van der Waals surface area contributed by atoms with Crippen molar-refractivity contribution in [3.05, 3.63) is 6.33 Å². The van der Waals surface area contributed by atoms with Gasteiger partial charge in [0.25, 0.3) is 0 Å². The highest BCUT2D eigenvalue weighted by atomic mass is 15.3. The maximum absolute atomic E-state index is 5.57. The molecule has 1 aliphatic rings. The van der Waals surface area contributed by atoms with Crippen LogP contribution in [0, 0.1) is 0 Å². The zero-order valence-electron chi connectivity index (χ0n) is 9.22. The Morgan fingerprint density at radius 3 is 2.53 bits per heavy atom. The third kappa shape index (κ3) is 2.00. The Hall–Kier alpha value is -1.39. The number of nitrogen functional groups attached to an aromatic ring is 1. The monoisotopic (exact) mass is 207 g/mol. The van der Waals surface area contributed by atoms with Crippen molar-refractivity contribution in [1.82, 2.24) is 15.0 Å². The van der Waals surface area contributed by atoms with Gasteiger partial charge in [0, 0.05) is 12.1 Å². The summed E-state index contributed by atoms with van der Waals surface area (Å²) in [6.07, 6.45) is 5.14. The molecule has 0 aromatic carbocycles. The van der Waals surface area contributed by atoms with E-state index < -0.39 is 0 Å². The van der Waals surface area contributed by atoms with E-state index in [0.717, 1.165) is 0 Å². The molecule has 0 saturated carbocycles. The lowest BCUT2D eigenvalue weighted by atomic mass is 9.98. The molecule has 0 spiro atoms. The third-order valence-electron chi connectivity index (χ3n) is 3.00. The minimum atomic E-state index is 0.296. The Labute approximate surface area is 89.7 Å². The highest BCUT2D eigenvalue weighted by Crippen LogP contribution is 2.26. The normalized spacial score (nSPS) is 26.7. The second-order valence-electron chi connectivity index (χ2n) is 4.18. The van der Waals surface area contributed by atoms with Gasteiger partial charge in [-0.15, -0.1) is 0 Å². The molecule has 15 heavy (non-hydrogen) atoms. The largest absolute Gasteiger partial charge is 0.368 e. The van der Waals surface area contributed by atoms with E-state index in [4.69, 9.17) is 5.73 Å². The molecule has 5 nitrogen and oxygen atoms in total. The summed E-state index contributed by atoms with van der Waals surface area (Å²) in [5.41, 5.74) is 5.57. The fourth-order valence-corrected chi connectivity index (χ4v) is 2.24. The van der Waals surface area contributed by atoms with Crippen molar-refractivity contribution in [2.75, 3.05) is 10.6 Å². The average Bonchev–Trinajstić information content (AvgIpc) is 2.17. The fraction of sp³-hybridized carbons (Fsp3) is 0.700. The zero-order valence-corrected chi connectivity index (χ0v) is 9.22. The predicted octanol–water partition coefficient (Wildman–Crippen LogP) is 1.22. The summed E-state index contributed by atoms with van der Waals surface area (Å²) < 4.78 is 0. The van der Waals surface area contributed by atoms with Crippen LogP contribution in [0.25, 0.3) is 0 Å². The number of anilines is 2. The molecule has 0 amide bonds. The third-order valence-corrected chi connectivity index (χ3v) is 3.00. The van der Waals surface area contributed by atoms with Crippen LogP contribution in [0.3, 0.4) is 0 Å². The van der Waals surface area contributed by atoms with E-state index in [1.54, 1.807) is 0 Å². The first-order chi connectivity index (χ1) is 7.18. The molecule has 5 heteroatoms. The molecule has 1 fully saturated rings. The van der Waals surface area contributed by atoms with E-state index in [1.165, 1.54) is 25.6 Å². The standard InChI is InChI=1S/C10H17N5/c1-7-4-3-5-8(2)15(7)10-13-6-12-9(11)14-10/h6-8H,3-5H2,1-2H3,(H2,11,12,13,14)/t7-,8-/m0/s1. The maximum Gasteiger partial charge on any atom is 0.230 e. The summed E-state index contributed by atoms with van der Waals surface area (Å²) in [6.45, 7) is 4.41. The van der Waals surface area contributed by atoms with E-state index >= 15 is 0 Å². The van der Waals surface area contributed by atoms with Crippen LogP contribution in [-0.4, -0.2) is 27.0 Å². The molecule has 1 aliphatic heterocycles. The van der Waals surface area contributed by atoms with Crippen molar-refractivity contribution in [2.45, 2.75) is 45.2 Å². The van der Waals surface area contributed by atoms with Crippen LogP contribution in [0.5, 0.6) is 0 Å². The van der Waals surface area contributed by atoms with Gasteiger partial charge in [-0.3, -0.25) is 0 Å². The van der Waals surface area contributed by atoms with E-state index in [1.807, 2.05) is 0 Å². The molecule has 0 aliphatic carbocycles. The van der Waals surface area contributed by atoms with Crippen molar-refractivity contribution in [3.8, 4) is 0 Å². The Balaban J connectivity index is 2.27. The van der Waals surface area contributed by atoms with E-state index in [9.17, 15) is 0 Å². The number of aromatic nitrogens is 3. The Morgan fingerprint density at radius 2 is 1.93 bits per heavy atom. The van der Waals surface area contributed by atoms with Crippen LogP contribution in [0.1, 0.15) is 33.1 Å². The highest BCUT2D eigenvalue weighted by Gasteiger charge is 2.26. The molecule has 2 N–H and O–H groups in total. The fourth-order valence-electron chi connectivity index (χ4n) is 2.24. The van der Waals surface area contributed by atoms with Gasteiger partial charge in [0.05, 0.1) is 0 Å². The zero-order chi connectivity index (χ0) is 10.8. The first-order valence-corrected chi connectivity index (χ1v) is 5.41. The number of hydrogen-bond donors (Lipinski definition) is 1. The summed E-state index contributed by atoms with van der Waals surface area (Å²) in [4.78, 5) is 14.4. The second-order valence-corrected chi connectivity index (χ2v) is 4.18. The van der Waals surface area contributed by atoms with Crippen molar-refractivity contribution in [2.24, 2.45) is 0 Å². The second kappa shape index (κ2) is 4.00. The van der Waals surface area contributed by atoms with Gasteiger partial charge in [-0.2, -0.15) is 4.98 Å². The van der Waals surface area contributed by atoms with Gasteiger partial charge >= 0.3 is 0 Å². The van der Waals surface area contributed by atoms with Crippen molar-refractivity contribution < 1.29 is 0 Å². The van der Waals surface area contributed by atoms with Crippen LogP contribution in [0.2, 0.25) is 0 Å². The Bertz CT molecular complexity index is 330. The van der Waals surface area contributed by atoms with E-state index in [2.05, 4.69) is 33.7 Å². The van der Waals surface area contributed by atoms with Gasteiger partial charge in [0.15, 0.2) is 0 Å². The number of nitrogens with zero attached hydrogens (tertiary/aromatic N) is 4. The van der Waals surface area contributed by atoms with Gasteiger partial charge in [-0.05, 0) is 33.1 Å². The molecule has 0 radical (unpaired) electrons. The predicted molar refractivity (Wildman–Crippen MR) is 59.5 cm³/mol. The molecule has 1 saturated heterocycles. The minimum Gasteiger partial charge on any atom is -0.368 e. The van der Waals surface area contributed by atoms with Crippen molar-refractivity contribution in [3.63, 3.8) is 0 Å². The van der Waals surface area contributed by atoms with Gasteiger partial charge in [-0.1, -0.05) is 0 Å². The molecule has 82 valence electrons. The lowest BCUT2D eigenvalue weighted by Crippen LogP contribution is -2.44. The first kappa shape index (κ1) is 10.1. The molecule has 2 heterocycles. The average molecular weight is 207 g/mol. The van der Waals surface area contributed by atoms with E-state index in [-0.39, 0.29) is 0 Å². The SMILES string of the molecule is C[C@H]1CCC[C@H](C)N1c1ncnc(N)n1. The minimum absolute atomic E-state index is 0.296. The number of rotatable bonds is 1. The summed E-state index contributed by atoms with van der Waals surface area (Å²) in [6, 6.07) is 0.964. The molecular formula is C10H17N5. The smallest absolute Gasteiger partial charge is 0.230 e. The van der Waals surface area contributed by atoms with Crippen molar-refractivity contribution in [1.29, 1.82) is 0 Å². The Morgan fingerprint density at radius 1 is 1.27 bits per heavy atom. The van der Waals surface area contributed by atoms with Crippen molar-refractivity contribution >= 4 is 11.9 Å². The first-order valence-electron chi connectivity index (χ1n) is 5.41. The van der Waals surface area contributed by atoms with E-state index in [0.29, 0.717) is 24.0 Å². The molecule has 1 aromatic heterocycles. The lowest BCUT2D eigenvalue weighted by Gasteiger charge is -2.38. The van der Waals surface area contributed by atoms with Crippen LogP contribution < -0.4 is 10.6 Å². The molecule has 1 aromatic rings. The summed E-state index contributed by atoms with van der Waals surface area (Å²) in [5, 5.41) is 0. The van der Waals surface area contributed by atoms with Crippen LogP contribution in [0.15, 0.2) is 6.33 Å².